The quantitative estimate of drug-likeness (QED) is 0.736. The number of rotatable bonds is 2. The van der Waals surface area contributed by atoms with Crippen LogP contribution in [0, 0.1) is 0 Å². The molecule has 4 rings (SSSR count). The molecule has 2 aliphatic rings. The highest BCUT2D eigenvalue weighted by atomic mass is 32.2. The third-order valence-electron chi connectivity index (χ3n) is 4.87. The highest BCUT2D eigenvalue weighted by molar-refractivity contribution is 7.91. The van der Waals surface area contributed by atoms with Gasteiger partial charge in [0.1, 0.15) is 5.82 Å². The summed E-state index contributed by atoms with van der Waals surface area (Å²) in [7, 11) is -2.94. The molecule has 1 atom stereocenters. The molecule has 142 valence electrons. The standard InChI is InChI=1S/C14H17F3N6O2S/c15-14(16,17)13-19-18-11-1-2-12(20-23(11)13)22-6-4-21(5-7-22)10-3-8-26(24,25)9-10/h1-2,10H,3-9H2/t10-/m1/s1. The van der Waals surface area contributed by atoms with Crippen molar-refractivity contribution in [3.8, 4) is 0 Å². The van der Waals surface area contributed by atoms with Gasteiger partial charge in [-0.1, -0.05) is 0 Å². The zero-order valence-electron chi connectivity index (χ0n) is 13.7. The fourth-order valence-electron chi connectivity index (χ4n) is 3.50. The van der Waals surface area contributed by atoms with E-state index in [9.17, 15) is 21.6 Å². The number of hydrogen-bond donors (Lipinski definition) is 0. The molecule has 0 radical (unpaired) electrons. The summed E-state index contributed by atoms with van der Waals surface area (Å²) in [5, 5.41) is 10.7. The first-order valence-corrected chi connectivity index (χ1v) is 10.0. The molecule has 2 aromatic heterocycles. The number of piperazine rings is 1. The van der Waals surface area contributed by atoms with Crippen LogP contribution in [-0.4, -0.2) is 76.9 Å². The van der Waals surface area contributed by atoms with E-state index >= 15 is 0 Å². The van der Waals surface area contributed by atoms with Crippen LogP contribution in [0.4, 0.5) is 19.0 Å². The van der Waals surface area contributed by atoms with Crippen molar-refractivity contribution in [2.75, 3.05) is 42.6 Å². The molecule has 4 heterocycles. The van der Waals surface area contributed by atoms with E-state index in [1.807, 2.05) is 4.90 Å². The minimum atomic E-state index is -4.63. The van der Waals surface area contributed by atoms with Gasteiger partial charge in [-0.05, 0) is 18.6 Å². The Bertz CT molecular complexity index is 920. The topological polar surface area (TPSA) is 83.7 Å². The van der Waals surface area contributed by atoms with Crippen molar-refractivity contribution < 1.29 is 21.6 Å². The van der Waals surface area contributed by atoms with Gasteiger partial charge in [0.25, 0.3) is 5.82 Å². The SMILES string of the molecule is O=S1(=O)CC[C@@H](N2CCN(c3ccc4nnc(C(F)(F)F)n4n3)CC2)C1. The van der Waals surface area contributed by atoms with E-state index in [-0.39, 0.29) is 23.2 Å². The van der Waals surface area contributed by atoms with Crippen LogP contribution in [0.15, 0.2) is 12.1 Å². The number of fused-ring (bicyclic) bond motifs is 1. The Morgan fingerprint density at radius 2 is 1.81 bits per heavy atom. The molecule has 0 N–H and O–H groups in total. The van der Waals surface area contributed by atoms with Crippen LogP contribution in [0.5, 0.6) is 0 Å². The fourth-order valence-corrected chi connectivity index (χ4v) is 5.27. The number of aromatic nitrogens is 4. The Hall–Kier alpha value is -1.95. The number of halogens is 3. The van der Waals surface area contributed by atoms with E-state index in [1.165, 1.54) is 6.07 Å². The highest BCUT2D eigenvalue weighted by Crippen LogP contribution is 2.28. The van der Waals surface area contributed by atoms with Crippen molar-refractivity contribution in [2.24, 2.45) is 0 Å². The third kappa shape index (κ3) is 3.22. The lowest BCUT2D eigenvalue weighted by atomic mass is 10.2. The molecule has 8 nitrogen and oxygen atoms in total. The van der Waals surface area contributed by atoms with Crippen LogP contribution in [0.1, 0.15) is 12.2 Å². The van der Waals surface area contributed by atoms with Crippen molar-refractivity contribution in [1.82, 2.24) is 24.7 Å². The lowest BCUT2D eigenvalue weighted by Gasteiger charge is -2.38. The molecule has 2 aliphatic heterocycles. The summed E-state index contributed by atoms with van der Waals surface area (Å²) in [4.78, 5) is 4.03. The predicted octanol–water partition coefficient (Wildman–Crippen LogP) is 0.452. The Labute approximate surface area is 147 Å². The number of anilines is 1. The summed E-state index contributed by atoms with van der Waals surface area (Å²) in [5.41, 5.74) is 0.0378. The Morgan fingerprint density at radius 1 is 1.08 bits per heavy atom. The van der Waals surface area contributed by atoms with Crippen molar-refractivity contribution in [3.63, 3.8) is 0 Å². The van der Waals surface area contributed by atoms with E-state index in [0.29, 0.717) is 42.9 Å². The van der Waals surface area contributed by atoms with Crippen LogP contribution in [0.3, 0.4) is 0 Å². The summed E-state index contributed by atoms with van der Waals surface area (Å²) in [6.07, 6.45) is -3.99. The maximum Gasteiger partial charge on any atom is 0.453 e. The van der Waals surface area contributed by atoms with Gasteiger partial charge in [0.05, 0.1) is 11.5 Å². The molecule has 26 heavy (non-hydrogen) atoms. The summed E-state index contributed by atoms with van der Waals surface area (Å²) in [5.74, 6) is -0.317. The molecule has 0 aromatic carbocycles. The molecule has 0 aliphatic carbocycles. The van der Waals surface area contributed by atoms with Gasteiger partial charge in [-0.3, -0.25) is 4.90 Å². The van der Waals surface area contributed by atoms with Crippen LogP contribution >= 0.6 is 0 Å². The molecule has 0 saturated carbocycles. The maximum absolute atomic E-state index is 13.0. The zero-order chi connectivity index (χ0) is 18.5. The van der Waals surface area contributed by atoms with Gasteiger partial charge in [-0.2, -0.15) is 17.7 Å². The summed E-state index contributed by atoms with van der Waals surface area (Å²) in [6.45, 7) is 2.43. The van der Waals surface area contributed by atoms with Crippen LogP contribution in [-0.2, 0) is 16.0 Å². The van der Waals surface area contributed by atoms with Gasteiger partial charge in [0.2, 0.25) is 0 Å². The molecule has 12 heteroatoms. The fraction of sp³-hybridized carbons (Fsp3) is 0.643. The zero-order valence-corrected chi connectivity index (χ0v) is 14.5. The molecule has 0 bridgehead atoms. The average molecular weight is 390 g/mol. The second kappa shape index (κ2) is 6.05. The number of sulfone groups is 1. The Kier molecular flexibility index (Phi) is 4.06. The molecular formula is C14H17F3N6O2S. The van der Waals surface area contributed by atoms with Crippen LogP contribution in [0.2, 0.25) is 0 Å². The lowest BCUT2D eigenvalue weighted by molar-refractivity contribution is -0.146. The molecule has 2 fully saturated rings. The van der Waals surface area contributed by atoms with E-state index < -0.39 is 21.8 Å². The third-order valence-corrected chi connectivity index (χ3v) is 6.62. The van der Waals surface area contributed by atoms with Gasteiger partial charge in [-0.25, -0.2) is 8.42 Å². The Morgan fingerprint density at radius 3 is 2.42 bits per heavy atom. The molecule has 0 spiro atoms. The molecule has 2 aromatic rings. The highest BCUT2D eigenvalue weighted by Gasteiger charge is 2.38. The maximum atomic E-state index is 13.0. The number of nitrogens with zero attached hydrogens (tertiary/aromatic N) is 6. The lowest BCUT2D eigenvalue weighted by Crippen LogP contribution is -2.51. The van der Waals surface area contributed by atoms with E-state index in [1.54, 1.807) is 6.07 Å². The molecular weight excluding hydrogens is 373 g/mol. The van der Waals surface area contributed by atoms with Crippen LogP contribution in [0.25, 0.3) is 5.65 Å². The van der Waals surface area contributed by atoms with Gasteiger partial charge in [0, 0.05) is 32.2 Å². The smallest absolute Gasteiger partial charge is 0.353 e. The van der Waals surface area contributed by atoms with Crippen molar-refractivity contribution in [3.05, 3.63) is 18.0 Å². The number of alkyl halides is 3. The minimum absolute atomic E-state index is 0.0345. The van der Waals surface area contributed by atoms with Gasteiger partial charge < -0.3 is 4.90 Å². The molecule has 0 unspecified atom stereocenters. The van der Waals surface area contributed by atoms with E-state index in [4.69, 9.17) is 0 Å². The summed E-state index contributed by atoms with van der Waals surface area (Å²) in [6, 6.07) is 3.12. The van der Waals surface area contributed by atoms with Crippen molar-refractivity contribution in [2.45, 2.75) is 18.6 Å². The minimum Gasteiger partial charge on any atom is -0.353 e. The average Bonchev–Trinajstić information content (AvgIpc) is 3.17. The van der Waals surface area contributed by atoms with Gasteiger partial charge in [0.15, 0.2) is 15.5 Å². The van der Waals surface area contributed by atoms with Gasteiger partial charge in [-0.15, -0.1) is 15.3 Å². The van der Waals surface area contributed by atoms with E-state index in [2.05, 4.69) is 20.2 Å². The summed E-state index contributed by atoms with van der Waals surface area (Å²) >= 11 is 0. The largest absolute Gasteiger partial charge is 0.453 e. The second-order valence-electron chi connectivity index (χ2n) is 6.56. The van der Waals surface area contributed by atoms with Crippen molar-refractivity contribution in [1.29, 1.82) is 0 Å². The first-order chi connectivity index (χ1) is 12.2. The number of hydrogen-bond acceptors (Lipinski definition) is 7. The normalized spacial score (nSPS) is 24.4. The summed E-state index contributed by atoms with van der Waals surface area (Å²) < 4.78 is 62.9. The van der Waals surface area contributed by atoms with Gasteiger partial charge >= 0.3 is 6.18 Å². The van der Waals surface area contributed by atoms with Crippen molar-refractivity contribution >= 4 is 21.3 Å². The predicted molar refractivity (Wildman–Crippen MR) is 86.6 cm³/mol. The van der Waals surface area contributed by atoms with Crippen LogP contribution < -0.4 is 4.90 Å². The Balaban J connectivity index is 1.49. The molecule has 2 saturated heterocycles. The first kappa shape index (κ1) is 17.5. The first-order valence-electron chi connectivity index (χ1n) is 8.22. The van der Waals surface area contributed by atoms with E-state index in [0.717, 1.165) is 0 Å². The second-order valence-corrected chi connectivity index (χ2v) is 8.79. The monoisotopic (exact) mass is 390 g/mol. The molecule has 0 amide bonds.